The molecule has 0 fully saturated rings. The third kappa shape index (κ3) is 8.62. The molecule has 308 valence electrons. The molecule has 3 aliphatic heterocycles. The number of carbonyl (C=O) groups is 2. The molecule has 2 atom stereocenters. The van der Waals surface area contributed by atoms with E-state index in [2.05, 4.69) is 24.2 Å². The van der Waals surface area contributed by atoms with Crippen molar-refractivity contribution in [2.75, 3.05) is 23.1 Å². The van der Waals surface area contributed by atoms with Gasteiger partial charge in [-0.3, -0.25) is 4.79 Å². The van der Waals surface area contributed by atoms with Gasteiger partial charge in [-0.15, -0.1) is 31.5 Å². The van der Waals surface area contributed by atoms with Crippen molar-refractivity contribution in [2.45, 2.75) is 61.8 Å². The number of halogens is 1. The first-order valence-electron chi connectivity index (χ1n) is 16.4. The number of hydrogen-bond donors (Lipinski definition) is 5. The quantitative estimate of drug-likeness (QED) is 0.165. The summed E-state index contributed by atoms with van der Waals surface area (Å²) >= 11 is 1.51. The molecule has 0 aliphatic carbocycles. The van der Waals surface area contributed by atoms with Gasteiger partial charge in [0.1, 0.15) is 36.9 Å². The smallest absolute Gasteiger partial charge is 0.329 e. The topological polar surface area (TPSA) is 278 Å². The lowest BCUT2D eigenvalue weighted by molar-refractivity contribution is -0.139. The summed E-state index contributed by atoms with van der Waals surface area (Å²) in [6.07, 6.45) is 1.42. The number of carboxylic acid groups (broad SMARTS) is 1. The molecule has 2 unspecified atom stereocenters. The average Bonchev–Trinajstić information content (AvgIpc) is 3.69. The largest absolute Gasteiger partial charge is 0.511 e. The second kappa shape index (κ2) is 15.1. The zero-order chi connectivity index (χ0) is 42.0. The highest BCUT2D eigenvalue weighted by molar-refractivity contribution is 7.91. The molecule has 26 heteroatoms. The van der Waals surface area contributed by atoms with Gasteiger partial charge < -0.3 is 25.7 Å². The van der Waals surface area contributed by atoms with E-state index in [9.17, 15) is 57.9 Å². The SMILES string of the molecule is CC(C)C1CC(O)=C(C2=NS(=O)(=O)c3c(CN(C(C(=O)O)C4=NS(=O)(=O)c5c(CNS(C)(=O)=O)csc5N4)S(C)(=O)=O)csc3N2)C(=O)N1Cc1ccc(F)cc1. The van der Waals surface area contributed by atoms with Gasteiger partial charge in [0, 0.05) is 43.2 Å². The molecule has 0 radical (unpaired) electrons. The van der Waals surface area contributed by atoms with Crippen molar-refractivity contribution in [2.24, 2.45) is 14.7 Å². The van der Waals surface area contributed by atoms with Crippen LogP contribution in [0.25, 0.3) is 0 Å². The van der Waals surface area contributed by atoms with Crippen molar-refractivity contribution in [1.82, 2.24) is 13.9 Å². The normalized spacial score (nSPS) is 19.7. The van der Waals surface area contributed by atoms with Crippen LogP contribution < -0.4 is 15.4 Å². The Labute approximate surface area is 334 Å². The van der Waals surface area contributed by atoms with Gasteiger partial charge in [-0.1, -0.05) is 26.0 Å². The number of amides is 1. The van der Waals surface area contributed by atoms with Gasteiger partial charge in [-0.25, -0.2) is 30.7 Å². The molecule has 0 saturated heterocycles. The minimum absolute atomic E-state index is 0.00393. The standard InChI is InChI=1S/C31H34FN7O12S6/c1-15(2)20-9-21(40)22(30(41)38(20)11-16-5-7-19(32)8-6-16)26-34-29-25(57(50,51)36-26)18(14-53-29)12-39(55(4,46)47)23(31(42)43)27-35-28-24(56(48,49)37-27)17(13-52-28)10-33-54(3,44)45/h5-8,13-15,20,23,33,40H,9-12H2,1-4H3,(H,34,36)(H,35,37)(H,42,43). The Bertz CT molecular complexity index is 2720. The number of hydrogen-bond acceptors (Lipinski definition) is 15. The number of nitrogens with one attached hydrogen (secondary N) is 3. The zero-order valence-corrected chi connectivity index (χ0v) is 35.0. The van der Waals surface area contributed by atoms with Crippen LogP contribution in [0.15, 0.2) is 64.9 Å². The molecule has 2 aromatic heterocycles. The van der Waals surface area contributed by atoms with E-state index in [1.807, 2.05) is 13.8 Å². The van der Waals surface area contributed by atoms with E-state index in [-0.39, 0.29) is 40.0 Å². The van der Waals surface area contributed by atoms with Crippen LogP contribution in [0.1, 0.15) is 37.0 Å². The minimum Gasteiger partial charge on any atom is -0.511 e. The Balaban J connectivity index is 1.33. The number of aliphatic carboxylic acids is 1. The van der Waals surface area contributed by atoms with Crippen molar-refractivity contribution in [1.29, 1.82) is 0 Å². The Morgan fingerprint density at radius 1 is 1.00 bits per heavy atom. The lowest BCUT2D eigenvalue weighted by atomic mass is 9.90. The third-order valence-corrected chi connectivity index (χ3v) is 15.8. The summed E-state index contributed by atoms with van der Waals surface area (Å²) in [5.74, 6) is -5.10. The number of fused-ring (bicyclic) bond motifs is 2. The molecule has 3 aliphatic rings. The molecule has 0 bridgehead atoms. The van der Waals surface area contributed by atoms with Crippen LogP contribution in [-0.2, 0) is 69.3 Å². The Hall–Kier alpha value is -4.31. The highest BCUT2D eigenvalue weighted by Gasteiger charge is 2.45. The molecular formula is C31H34FN7O12S6. The van der Waals surface area contributed by atoms with Crippen molar-refractivity contribution in [3.05, 3.63) is 68.9 Å². The molecule has 19 nitrogen and oxygen atoms in total. The van der Waals surface area contributed by atoms with Gasteiger partial charge in [-0.2, -0.15) is 21.1 Å². The molecular weight excluding hydrogens is 874 g/mol. The Morgan fingerprint density at radius 3 is 2.16 bits per heavy atom. The van der Waals surface area contributed by atoms with E-state index in [1.165, 1.54) is 39.9 Å². The fraction of sp³-hybridized carbons (Fsp3) is 0.355. The number of carbonyl (C=O) groups excluding carboxylic acids is 1. The van der Waals surface area contributed by atoms with E-state index in [1.54, 1.807) is 0 Å². The van der Waals surface area contributed by atoms with Crippen molar-refractivity contribution >= 4 is 96.3 Å². The van der Waals surface area contributed by atoms with E-state index < -0.39 is 116 Å². The van der Waals surface area contributed by atoms with E-state index >= 15 is 0 Å². The lowest BCUT2D eigenvalue weighted by Gasteiger charge is -2.39. The molecule has 57 heavy (non-hydrogen) atoms. The predicted octanol–water partition coefficient (Wildman–Crippen LogP) is 2.21. The molecule has 1 aromatic carbocycles. The molecule has 6 rings (SSSR count). The number of aliphatic hydroxyl groups is 1. The lowest BCUT2D eigenvalue weighted by Crippen LogP contribution is -2.52. The van der Waals surface area contributed by atoms with Crippen LogP contribution in [0, 0.1) is 11.7 Å². The van der Waals surface area contributed by atoms with Gasteiger partial charge in [0.15, 0.2) is 17.7 Å². The molecule has 1 amide bonds. The van der Waals surface area contributed by atoms with Gasteiger partial charge in [0.05, 0.1) is 12.5 Å². The summed E-state index contributed by atoms with van der Waals surface area (Å²) in [7, 11) is -17.9. The summed E-state index contributed by atoms with van der Waals surface area (Å²) in [6, 6.07) is 2.55. The van der Waals surface area contributed by atoms with Crippen molar-refractivity contribution in [3.8, 4) is 0 Å². The third-order valence-electron chi connectivity index (χ3n) is 8.95. The van der Waals surface area contributed by atoms with Crippen molar-refractivity contribution < 1.29 is 57.9 Å². The summed E-state index contributed by atoms with van der Waals surface area (Å²) in [5, 5.41) is 28.9. The summed E-state index contributed by atoms with van der Waals surface area (Å²) in [6.45, 7) is 2.27. The zero-order valence-electron chi connectivity index (χ0n) is 30.1. The monoisotopic (exact) mass is 907 g/mol. The molecule has 5 heterocycles. The van der Waals surface area contributed by atoms with Gasteiger partial charge in [0.25, 0.3) is 26.0 Å². The number of anilines is 2. The summed E-state index contributed by atoms with van der Waals surface area (Å²) in [4.78, 5) is 27.2. The molecule has 5 N–H and O–H groups in total. The Kier molecular flexibility index (Phi) is 11.2. The molecule has 0 saturated carbocycles. The summed E-state index contributed by atoms with van der Waals surface area (Å²) < 4.78 is 127. The van der Waals surface area contributed by atoms with Crippen LogP contribution in [0.4, 0.5) is 14.4 Å². The van der Waals surface area contributed by atoms with Crippen LogP contribution >= 0.6 is 22.7 Å². The second-order valence-electron chi connectivity index (χ2n) is 13.5. The number of thiophene rings is 2. The molecule has 3 aromatic rings. The Morgan fingerprint density at radius 2 is 1.58 bits per heavy atom. The number of benzene rings is 1. The number of rotatable bonds is 13. The van der Waals surface area contributed by atoms with Crippen molar-refractivity contribution in [3.63, 3.8) is 0 Å². The fourth-order valence-electron chi connectivity index (χ4n) is 6.36. The minimum atomic E-state index is -4.80. The maximum absolute atomic E-state index is 14.0. The van der Waals surface area contributed by atoms with Gasteiger partial charge >= 0.3 is 5.97 Å². The number of nitrogens with zero attached hydrogens (tertiary/aromatic N) is 4. The van der Waals surface area contributed by atoms with Gasteiger partial charge in [-0.05, 0) is 34.4 Å². The van der Waals surface area contributed by atoms with E-state index in [0.29, 0.717) is 16.1 Å². The second-order valence-corrected chi connectivity index (χ2v) is 22.1. The maximum Gasteiger partial charge on any atom is 0.329 e. The number of aliphatic hydroxyl groups excluding tert-OH is 1. The first-order chi connectivity index (χ1) is 26.4. The predicted molar refractivity (Wildman–Crippen MR) is 208 cm³/mol. The van der Waals surface area contributed by atoms with Crippen LogP contribution in [0.2, 0.25) is 0 Å². The number of amidine groups is 2. The van der Waals surface area contributed by atoms with Crippen LogP contribution in [0.5, 0.6) is 0 Å². The number of carboxylic acids is 1. The van der Waals surface area contributed by atoms with Gasteiger partial charge in [0.2, 0.25) is 20.0 Å². The summed E-state index contributed by atoms with van der Waals surface area (Å²) in [5.41, 5.74) is -0.146. The van der Waals surface area contributed by atoms with Crippen LogP contribution in [-0.4, -0.2) is 101 Å². The highest BCUT2D eigenvalue weighted by Crippen LogP contribution is 2.41. The van der Waals surface area contributed by atoms with E-state index in [4.69, 9.17) is 0 Å². The highest BCUT2D eigenvalue weighted by atomic mass is 32.2. The maximum atomic E-state index is 14.0. The first-order valence-corrected chi connectivity index (χ1v) is 24.8. The van der Waals surface area contributed by atoms with E-state index in [0.717, 1.165) is 28.9 Å². The first kappa shape index (κ1) is 42.3. The average molecular weight is 908 g/mol. The fourth-order valence-corrected chi connectivity index (χ4v) is 13.0. The molecule has 0 spiro atoms. The van der Waals surface area contributed by atoms with Crippen LogP contribution in [0.3, 0.4) is 0 Å². The number of sulfonamides is 4.